The third kappa shape index (κ3) is 3.63. The average molecular weight is 218 g/mol. The van der Waals surface area contributed by atoms with E-state index in [-0.39, 0.29) is 12.4 Å². The minimum absolute atomic E-state index is 0.0344. The minimum atomic E-state index is 0.0344. The zero-order valence-corrected chi connectivity index (χ0v) is 9.95. The van der Waals surface area contributed by atoms with Crippen LogP contribution in [-0.4, -0.2) is 19.0 Å². The van der Waals surface area contributed by atoms with Gasteiger partial charge in [0.25, 0.3) is 0 Å². The lowest BCUT2D eigenvalue weighted by atomic mass is 10.0. The third-order valence-electron chi connectivity index (χ3n) is 2.53. The predicted molar refractivity (Wildman–Crippen MR) is 65.9 cm³/mol. The topological polar surface area (TPSA) is 26.3 Å². The molecule has 86 valence electrons. The molecule has 0 fully saturated rings. The highest BCUT2D eigenvalue weighted by Crippen LogP contribution is 2.10. The molecule has 1 aromatic rings. The van der Waals surface area contributed by atoms with Gasteiger partial charge in [0.15, 0.2) is 5.78 Å². The van der Waals surface area contributed by atoms with Gasteiger partial charge in [0.05, 0.1) is 6.61 Å². The highest BCUT2D eigenvalue weighted by molar-refractivity contribution is 5.97. The second-order valence-corrected chi connectivity index (χ2v) is 3.85. The van der Waals surface area contributed by atoms with Crippen LogP contribution >= 0.6 is 0 Å². The highest BCUT2D eigenvalue weighted by Gasteiger charge is 2.06. The molecule has 0 unspecified atom stereocenters. The van der Waals surface area contributed by atoms with Gasteiger partial charge in [-0.15, -0.1) is 6.58 Å². The van der Waals surface area contributed by atoms with Crippen LogP contribution < -0.4 is 0 Å². The van der Waals surface area contributed by atoms with Crippen LogP contribution in [0.25, 0.3) is 0 Å². The predicted octanol–water partition coefficient (Wildman–Crippen LogP) is 3.08. The molecule has 0 aromatic heterocycles. The molecule has 0 aliphatic rings. The van der Waals surface area contributed by atoms with Gasteiger partial charge in [0.1, 0.15) is 6.61 Å². The van der Waals surface area contributed by atoms with Crippen molar-refractivity contribution in [2.24, 2.45) is 0 Å². The summed E-state index contributed by atoms with van der Waals surface area (Å²) in [6, 6.07) is 5.72. The Hall–Kier alpha value is -1.41. The van der Waals surface area contributed by atoms with E-state index in [4.69, 9.17) is 4.74 Å². The van der Waals surface area contributed by atoms with Crippen molar-refractivity contribution in [3.63, 3.8) is 0 Å². The minimum Gasteiger partial charge on any atom is -0.373 e. The van der Waals surface area contributed by atoms with E-state index in [2.05, 4.69) is 6.58 Å². The van der Waals surface area contributed by atoms with E-state index in [9.17, 15) is 4.79 Å². The summed E-state index contributed by atoms with van der Waals surface area (Å²) < 4.78 is 5.24. The van der Waals surface area contributed by atoms with E-state index in [0.717, 1.165) is 17.5 Å². The van der Waals surface area contributed by atoms with E-state index < -0.39 is 0 Å². The first-order valence-electron chi connectivity index (χ1n) is 5.44. The lowest BCUT2D eigenvalue weighted by molar-refractivity contribution is 0.0768. The molecule has 1 rings (SSSR count). The van der Waals surface area contributed by atoms with Crippen LogP contribution in [0.2, 0.25) is 0 Å². The molecule has 0 aliphatic carbocycles. The molecule has 0 aliphatic heterocycles. The fourth-order valence-corrected chi connectivity index (χ4v) is 1.33. The van der Waals surface area contributed by atoms with Gasteiger partial charge in [-0.05, 0) is 37.5 Å². The van der Waals surface area contributed by atoms with Crippen LogP contribution in [0, 0.1) is 13.8 Å². The number of ketones is 1. The second kappa shape index (κ2) is 6.23. The molecule has 2 heteroatoms. The Morgan fingerprint density at radius 2 is 2.12 bits per heavy atom. The maximum absolute atomic E-state index is 11.7. The Labute approximate surface area is 96.9 Å². The lowest BCUT2D eigenvalue weighted by Gasteiger charge is -2.05. The number of hydrogen-bond donors (Lipinski definition) is 0. The van der Waals surface area contributed by atoms with Crippen LogP contribution in [0.4, 0.5) is 0 Å². The summed E-state index contributed by atoms with van der Waals surface area (Å²) in [6.45, 7) is 8.33. The molecular weight excluding hydrogens is 200 g/mol. The third-order valence-corrected chi connectivity index (χ3v) is 2.53. The van der Waals surface area contributed by atoms with Crippen molar-refractivity contribution in [1.82, 2.24) is 0 Å². The molecule has 0 saturated heterocycles. The number of benzene rings is 1. The number of ether oxygens (including phenoxy) is 1. The van der Waals surface area contributed by atoms with Crippen LogP contribution in [0.3, 0.4) is 0 Å². The summed E-state index contributed by atoms with van der Waals surface area (Å²) >= 11 is 0. The van der Waals surface area contributed by atoms with E-state index in [1.807, 2.05) is 32.0 Å². The van der Waals surface area contributed by atoms with E-state index in [0.29, 0.717) is 6.61 Å². The molecule has 1 aromatic carbocycles. The Bertz CT molecular complexity index is 380. The van der Waals surface area contributed by atoms with Gasteiger partial charge in [-0.1, -0.05) is 18.2 Å². The molecule has 0 atom stereocenters. The van der Waals surface area contributed by atoms with Gasteiger partial charge in [0.2, 0.25) is 0 Å². The number of Topliss-reactive ketones (excluding diaryl/α,β-unsaturated/α-hetero) is 1. The van der Waals surface area contributed by atoms with Crippen LogP contribution in [0.1, 0.15) is 27.9 Å². The summed E-state index contributed by atoms with van der Waals surface area (Å²) in [5.74, 6) is 0.0344. The zero-order chi connectivity index (χ0) is 12.0. The monoisotopic (exact) mass is 218 g/mol. The van der Waals surface area contributed by atoms with Crippen molar-refractivity contribution in [1.29, 1.82) is 0 Å². The van der Waals surface area contributed by atoms with Gasteiger partial charge >= 0.3 is 0 Å². The quantitative estimate of drug-likeness (QED) is 0.416. The number of hydrogen-bond acceptors (Lipinski definition) is 2. The van der Waals surface area contributed by atoms with Crippen molar-refractivity contribution in [3.05, 3.63) is 47.5 Å². The first kappa shape index (κ1) is 12.7. The standard InChI is InChI=1S/C14H18O2/c1-4-5-8-16-10-14(15)13-7-6-11(2)12(3)9-13/h4,6-7,9H,1,5,8,10H2,2-3H3. The zero-order valence-electron chi connectivity index (χ0n) is 9.95. The molecule has 0 spiro atoms. The summed E-state index contributed by atoms with van der Waals surface area (Å²) in [4.78, 5) is 11.7. The molecule has 0 heterocycles. The lowest BCUT2D eigenvalue weighted by Crippen LogP contribution is -2.10. The molecule has 0 N–H and O–H groups in total. The molecule has 0 amide bonds. The first-order chi connectivity index (χ1) is 7.65. The van der Waals surface area contributed by atoms with Crippen LogP contribution in [-0.2, 0) is 4.74 Å². The smallest absolute Gasteiger partial charge is 0.188 e. The second-order valence-electron chi connectivity index (χ2n) is 3.85. The summed E-state index contributed by atoms with van der Waals surface area (Å²) in [7, 11) is 0. The van der Waals surface area contributed by atoms with Gasteiger partial charge < -0.3 is 4.74 Å². The Morgan fingerprint density at radius 1 is 1.38 bits per heavy atom. The van der Waals surface area contributed by atoms with Crippen LogP contribution in [0.15, 0.2) is 30.9 Å². The molecule has 0 saturated carbocycles. The van der Waals surface area contributed by atoms with Crippen molar-refractivity contribution in [2.75, 3.05) is 13.2 Å². The summed E-state index contributed by atoms with van der Waals surface area (Å²) in [5, 5.41) is 0. The normalized spacial score (nSPS) is 10.1. The Morgan fingerprint density at radius 3 is 2.75 bits per heavy atom. The van der Waals surface area contributed by atoms with Crippen molar-refractivity contribution in [2.45, 2.75) is 20.3 Å². The van der Waals surface area contributed by atoms with Crippen molar-refractivity contribution >= 4 is 5.78 Å². The number of carbonyl (C=O) groups excluding carboxylic acids is 1. The Kier molecular flexibility index (Phi) is 4.93. The van der Waals surface area contributed by atoms with Crippen molar-refractivity contribution < 1.29 is 9.53 Å². The maximum atomic E-state index is 11.7. The SMILES string of the molecule is C=CCCOCC(=O)c1ccc(C)c(C)c1. The Balaban J connectivity index is 2.52. The molecule has 16 heavy (non-hydrogen) atoms. The van der Waals surface area contributed by atoms with Gasteiger partial charge in [0, 0.05) is 5.56 Å². The molecule has 2 nitrogen and oxygen atoms in total. The van der Waals surface area contributed by atoms with Gasteiger partial charge in [-0.25, -0.2) is 0 Å². The van der Waals surface area contributed by atoms with Crippen molar-refractivity contribution in [3.8, 4) is 0 Å². The number of rotatable bonds is 6. The van der Waals surface area contributed by atoms with Gasteiger partial charge in [-0.2, -0.15) is 0 Å². The highest BCUT2D eigenvalue weighted by atomic mass is 16.5. The average Bonchev–Trinajstić information content (AvgIpc) is 2.28. The van der Waals surface area contributed by atoms with E-state index >= 15 is 0 Å². The molecule has 0 bridgehead atoms. The molecule has 0 radical (unpaired) electrons. The van der Waals surface area contributed by atoms with E-state index in [1.54, 1.807) is 6.08 Å². The first-order valence-corrected chi connectivity index (χ1v) is 5.44. The summed E-state index contributed by atoms with van der Waals surface area (Å²) in [6.07, 6.45) is 2.56. The number of carbonyl (C=O) groups is 1. The summed E-state index contributed by atoms with van der Waals surface area (Å²) in [5.41, 5.74) is 3.06. The largest absolute Gasteiger partial charge is 0.373 e. The number of aryl methyl sites for hydroxylation is 2. The maximum Gasteiger partial charge on any atom is 0.188 e. The molecular formula is C14H18O2. The van der Waals surface area contributed by atoms with Gasteiger partial charge in [-0.3, -0.25) is 4.79 Å². The fraction of sp³-hybridized carbons (Fsp3) is 0.357. The van der Waals surface area contributed by atoms with E-state index in [1.165, 1.54) is 5.56 Å². The fourth-order valence-electron chi connectivity index (χ4n) is 1.33. The van der Waals surface area contributed by atoms with Crippen LogP contribution in [0.5, 0.6) is 0 Å².